The number of anilines is 1. The number of hydrogen-bond donors (Lipinski definition) is 1. The third-order valence-corrected chi connectivity index (χ3v) is 5.50. The topological polar surface area (TPSA) is 47.6 Å². The number of hydrogen-bond acceptors (Lipinski definition) is 3. The summed E-state index contributed by atoms with van der Waals surface area (Å²) in [4.78, 5) is 13.2. The molecule has 0 heterocycles. The van der Waals surface area contributed by atoms with Crippen molar-refractivity contribution >= 4 is 23.2 Å². The Hall–Kier alpha value is -2.11. The van der Waals surface area contributed by atoms with Gasteiger partial charge in [-0.15, -0.1) is 0 Å². The van der Waals surface area contributed by atoms with Crippen molar-refractivity contribution < 1.29 is 18.7 Å². The van der Waals surface area contributed by atoms with Gasteiger partial charge in [-0.1, -0.05) is 36.6 Å². The highest BCUT2D eigenvalue weighted by molar-refractivity contribution is 6.32. The summed E-state index contributed by atoms with van der Waals surface area (Å²) in [7, 11) is 1.61. The molecule has 1 unspecified atom stereocenters. The molecule has 6 heteroatoms. The molecule has 3 rings (SSSR count). The summed E-state index contributed by atoms with van der Waals surface area (Å²) >= 11 is 6.33. The molecule has 150 valence electrons. The summed E-state index contributed by atoms with van der Waals surface area (Å²) in [6.07, 6.45) is 3.29. The minimum absolute atomic E-state index is 0.0888. The molecule has 0 aromatic heterocycles. The molecule has 0 spiro atoms. The Balaban J connectivity index is 1.77. The highest BCUT2D eigenvalue weighted by Gasteiger charge is 2.42. The lowest BCUT2D eigenvalue weighted by Gasteiger charge is -2.28. The number of ether oxygens (including phenoxy) is 2. The van der Waals surface area contributed by atoms with Gasteiger partial charge >= 0.3 is 0 Å². The number of amides is 1. The van der Waals surface area contributed by atoms with Crippen molar-refractivity contribution in [3.05, 3.63) is 58.9 Å². The second-order valence-electron chi connectivity index (χ2n) is 7.28. The van der Waals surface area contributed by atoms with E-state index >= 15 is 0 Å². The molecule has 28 heavy (non-hydrogen) atoms. The molecule has 0 aliphatic heterocycles. The first-order valence-corrected chi connectivity index (χ1v) is 9.85. The average Bonchev–Trinajstić information content (AvgIpc) is 3.16. The summed E-state index contributed by atoms with van der Waals surface area (Å²) in [5, 5.41) is 3.41. The van der Waals surface area contributed by atoms with Gasteiger partial charge in [0.2, 0.25) is 5.91 Å². The highest BCUT2D eigenvalue weighted by atomic mass is 35.5. The van der Waals surface area contributed by atoms with Gasteiger partial charge in [0, 0.05) is 12.8 Å². The molecule has 1 N–H and O–H groups in total. The third-order valence-electron chi connectivity index (χ3n) is 5.21. The number of methoxy groups -OCH3 is 1. The number of carbonyl (C=O) groups is 1. The van der Waals surface area contributed by atoms with Crippen LogP contribution in [-0.4, -0.2) is 25.7 Å². The van der Waals surface area contributed by atoms with Crippen molar-refractivity contribution in [3.8, 4) is 5.75 Å². The van der Waals surface area contributed by atoms with Gasteiger partial charge in [-0.25, -0.2) is 4.39 Å². The Kier molecular flexibility index (Phi) is 6.57. The van der Waals surface area contributed by atoms with Gasteiger partial charge in [-0.05, 0) is 55.7 Å². The Labute approximate surface area is 170 Å². The number of nitrogens with one attached hydrogen (secondary N) is 1. The van der Waals surface area contributed by atoms with Gasteiger partial charge in [-0.3, -0.25) is 4.79 Å². The predicted octanol–water partition coefficient (Wildman–Crippen LogP) is 5.34. The van der Waals surface area contributed by atoms with E-state index in [9.17, 15) is 9.18 Å². The van der Waals surface area contributed by atoms with E-state index in [1.165, 1.54) is 12.1 Å². The van der Waals surface area contributed by atoms with E-state index in [-0.39, 0.29) is 17.8 Å². The molecular formula is C22H25ClFNO3. The lowest BCUT2D eigenvalue weighted by molar-refractivity contribution is -0.121. The fourth-order valence-corrected chi connectivity index (χ4v) is 4.03. The Morgan fingerprint density at radius 3 is 2.50 bits per heavy atom. The van der Waals surface area contributed by atoms with Crippen molar-refractivity contribution in [1.82, 2.24) is 0 Å². The molecule has 0 bridgehead atoms. The van der Waals surface area contributed by atoms with Crippen LogP contribution in [0.25, 0.3) is 0 Å². The SMILES string of the molecule is COCC(C)Oc1ccc(NC(=O)C2(c3ccc(F)cc3)CCCC2)cc1Cl. The number of carbonyl (C=O) groups excluding carboxylic acids is 1. The van der Waals surface area contributed by atoms with Crippen LogP contribution in [0.1, 0.15) is 38.2 Å². The smallest absolute Gasteiger partial charge is 0.235 e. The zero-order valence-electron chi connectivity index (χ0n) is 16.1. The summed E-state index contributed by atoms with van der Waals surface area (Å²) < 4.78 is 24.1. The summed E-state index contributed by atoms with van der Waals surface area (Å²) in [5.74, 6) is 0.148. The van der Waals surface area contributed by atoms with E-state index < -0.39 is 5.41 Å². The zero-order valence-corrected chi connectivity index (χ0v) is 16.9. The van der Waals surface area contributed by atoms with Crippen molar-refractivity contribution in [3.63, 3.8) is 0 Å². The lowest BCUT2D eigenvalue weighted by atomic mass is 9.78. The second-order valence-corrected chi connectivity index (χ2v) is 7.69. The quantitative estimate of drug-likeness (QED) is 0.676. The molecule has 4 nitrogen and oxygen atoms in total. The second kappa shape index (κ2) is 8.93. The van der Waals surface area contributed by atoms with Gasteiger partial charge in [-0.2, -0.15) is 0 Å². The van der Waals surface area contributed by atoms with Crippen LogP contribution in [0.3, 0.4) is 0 Å². The van der Waals surface area contributed by atoms with Crippen LogP contribution in [0.15, 0.2) is 42.5 Å². The van der Waals surface area contributed by atoms with Crippen molar-refractivity contribution in [1.29, 1.82) is 0 Å². The first kappa shape index (κ1) is 20.6. The van der Waals surface area contributed by atoms with E-state index in [0.29, 0.717) is 23.1 Å². The Morgan fingerprint density at radius 1 is 1.21 bits per heavy atom. The van der Waals surface area contributed by atoms with Crippen LogP contribution in [-0.2, 0) is 14.9 Å². The van der Waals surface area contributed by atoms with Gasteiger partial charge in [0.25, 0.3) is 0 Å². The van der Waals surface area contributed by atoms with E-state index in [1.807, 2.05) is 6.92 Å². The van der Waals surface area contributed by atoms with Crippen molar-refractivity contribution in [2.24, 2.45) is 0 Å². The standard InChI is InChI=1S/C22H25ClFNO3/c1-15(14-27-2)28-20-10-9-18(13-19(20)23)25-21(26)22(11-3-4-12-22)16-5-7-17(24)8-6-16/h5-10,13,15H,3-4,11-12,14H2,1-2H3,(H,25,26). The van der Waals surface area contributed by atoms with Gasteiger partial charge in [0.15, 0.2) is 0 Å². The van der Waals surface area contributed by atoms with Crippen molar-refractivity contribution in [2.75, 3.05) is 19.0 Å². The average molecular weight is 406 g/mol. The Morgan fingerprint density at radius 2 is 1.89 bits per heavy atom. The molecule has 1 amide bonds. The molecule has 0 saturated heterocycles. The van der Waals surface area contributed by atoms with Crippen LogP contribution >= 0.6 is 11.6 Å². The van der Waals surface area contributed by atoms with E-state index in [1.54, 1.807) is 37.4 Å². The maximum atomic E-state index is 13.3. The number of benzene rings is 2. The van der Waals surface area contributed by atoms with Crippen LogP contribution in [0.4, 0.5) is 10.1 Å². The van der Waals surface area contributed by atoms with Gasteiger partial charge < -0.3 is 14.8 Å². The van der Waals surface area contributed by atoms with E-state index in [2.05, 4.69) is 5.32 Å². The molecule has 1 fully saturated rings. The summed E-state index contributed by atoms with van der Waals surface area (Å²) in [6, 6.07) is 11.4. The molecule has 1 atom stereocenters. The fraction of sp³-hybridized carbons (Fsp3) is 0.409. The molecule has 1 saturated carbocycles. The van der Waals surface area contributed by atoms with Crippen LogP contribution in [0, 0.1) is 5.82 Å². The molecule has 0 radical (unpaired) electrons. The largest absolute Gasteiger partial charge is 0.487 e. The van der Waals surface area contributed by atoms with Gasteiger partial charge in [0.1, 0.15) is 17.7 Å². The number of rotatable bonds is 7. The Bertz CT molecular complexity index is 819. The van der Waals surface area contributed by atoms with Crippen LogP contribution in [0.5, 0.6) is 5.75 Å². The predicted molar refractivity (Wildman–Crippen MR) is 109 cm³/mol. The monoisotopic (exact) mass is 405 g/mol. The lowest BCUT2D eigenvalue weighted by Crippen LogP contribution is -2.38. The minimum Gasteiger partial charge on any atom is -0.487 e. The molecule has 1 aliphatic rings. The molecule has 1 aliphatic carbocycles. The summed E-state index contributed by atoms with van der Waals surface area (Å²) in [5.41, 5.74) is 0.820. The minimum atomic E-state index is -0.637. The van der Waals surface area contributed by atoms with E-state index in [4.69, 9.17) is 21.1 Å². The fourth-order valence-electron chi connectivity index (χ4n) is 3.80. The highest BCUT2D eigenvalue weighted by Crippen LogP contribution is 2.42. The maximum absolute atomic E-state index is 13.3. The van der Waals surface area contributed by atoms with Crippen LogP contribution < -0.4 is 10.1 Å². The number of halogens is 2. The van der Waals surface area contributed by atoms with Crippen molar-refractivity contribution in [2.45, 2.75) is 44.1 Å². The molecule has 2 aromatic carbocycles. The molecule has 2 aromatic rings. The maximum Gasteiger partial charge on any atom is 0.235 e. The third kappa shape index (κ3) is 4.47. The van der Waals surface area contributed by atoms with Crippen LogP contribution in [0.2, 0.25) is 5.02 Å². The first-order chi connectivity index (χ1) is 13.4. The van der Waals surface area contributed by atoms with Gasteiger partial charge in [0.05, 0.1) is 17.0 Å². The normalized spacial score (nSPS) is 16.6. The first-order valence-electron chi connectivity index (χ1n) is 9.47. The van der Waals surface area contributed by atoms with E-state index in [0.717, 1.165) is 31.2 Å². The molecular weight excluding hydrogens is 381 g/mol. The zero-order chi connectivity index (χ0) is 20.1. The summed E-state index contributed by atoms with van der Waals surface area (Å²) in [6.45, 7) is 2.34.